The number of nitrogens with two attached hydrogens (primary N) is 1. The summed E-state index contributed by atoms with van der Waals surface area (Å²) >= 11 is 0. The van der Waals surface area contributed by atoms with E-state index in [-0.39, 0.29) is 5.91 Å². The average Bonchev–Trinajstić information content (AvgIpc) is 2.48. The largest absolute Gasteiger partial charge is 0.368 e. The lowest BCUT2D eigenvalue weighted by Crippen LogP contribution is -2.58. The molecule has 1 fully saturated rings. The summed E-state index contributed by atoms with van der Waals surface area (Å²) in [5, 5.41) is 2.91. The third-order valence-electron chi connectivity index (χ3n) is 4.17. The zero-order valence-corrected chi connectivity index (χ0v) is 11.9. The first kappa shape index (κ1) is 14.6. The summed E-state index contributed by atoms with van der Waals surface area (Å²) in [6, 6.07) is 7.49. The minimum absolute atomic E-state index is 0.192. The lowest BCUT2D eigenvalue weighted by Gasteiger charge is -2.35. The second-order valence-corrected chi connectivity index (χ2v) is 5.47. The molecule has 0 atom stereocenters. The Morgan fingerprint density at radius 3 is 2.45 bits per heavy atom. The molecule has 0 aliphatic heterocycles. The number of aryl methyl sites for hydroxylation is 1. The predicted octanol–water partition coefficient (Wildman–Crippen LogP) is 2.17. The molecular weight excluding hydrogens is 252 g/mol. The minimum atomic E-state index is -0.865. The quantitative estimate of drug-likeness (QED) is 0.883. The molecule has 0 heterocycles. The SMILES string of the molecule is CCc1ccccc1C(=O)NC1(C(N)=O)CCCCC1. The van der Waals surface area contributed by atoms with Crippen molar-refractivity contribution in [1.29, 1.82) is 0 Å². The summed E-state index contributed by atoms with van der Waals surface area (Å²) in [5.41, 5.74) is 6.31. The Balaban J connectivity index is 2.22. The molecule has 0 spiro atoms. The Morgan fingerprint density at radius 2 is 1.85 bits per heavy atom. The zero-order chi connectivity index (χ0) is 14.6. The van der Waals surface area contributed by atoms with Crippen LogP contribution in [-0.4, -0.2) is 17.4 Å². The molecular formula is C16H22N2O2. The highest BCUT2D eigenvalue weighted by Gasteiger charge is 2.39. The van der Waals surface area contributed by atoms with Crippen LogP contribution >= 0.6 is 0 Å². The number of benzene rings is 1. The van der Waals surface area contributed by atoms with Gasteiger partial charge in [0.05, 0.1) is 0 Å². The Labute approximate surface area is 119 Å². The van der Waals surface area contributed by atoms with E-state index in [0.717, 1.165) is 31.2 Å². The van der Waals surface area contributed by atoms with E-state index in [2.05, 4.69) is 5.32 Å². The van der Waals surface area contributed by atoms with Gasteiger partial charge in [0.1, 0.15) is 5.54 Å². The van der Waals surface area contributed by atoms with Crippen LogP contribution in [0.1, 0.15) is 54.9 Å². The highest BCUT2D eigenvalue weighted by Crippen LogP contribution is 2.28. The van der Waals surface area contributed by atoms with Gasteiger partial charge in [-0.3, -0.25) is 9.59 Å². The summed E-state index contributed by atoms with van der Waals surface area (Å²) in [6.07, 6.45) is 5.02. The molecule has 3 N–H and O–H groups in total. The van der Waals surface area contributed by atoms with Gasteiger partial charge in [-0.1, -0.05) is 44.4 Å². The highest BCUT2D eigenvalue weighted by atomic mass is 16.2. The Kier molecular flexibility index (Phi) is 4.42. The van der Waals surface area contributed by atoms with Gasteiger partial charge in [-0.15, -0.1) is 0 Å². The molecule has 0 bridgehead atoms. The summed E-state index contributed by atoms with van der Waals surface area (Å²) in [7, 11) is 0. The van der Waals surface area contributed by atoms with Crippen LogP contribution in [-0.2, 0) is 11.2 Å². The Bertz CT molecular complexity index is 505. The summed E-state index contributed by atoms with van der Waals surface area (Å²) in [4.78, 5) is 24.3. The topological polar surface area (TPSA) is 72.2 Å². The van der Waals surface area contributed by atoms with Gasteiger partial charge in [0, 0.05) is 5.56 Å². The van der Waals surface area contributed by atoms with E-state index in [1.54, 1.807) is 6.07 Å². The molecule has 2 rings (SSSR count). The maximum Gasteiger partial charge on any atom is 0.252 e. The first-order valence-corrected chi connectivity index (χ1v) is 7.29. The molecule has 0 saturated heterocycles. The van der Waals surface area contributed by atoms with Crippen LogP contribution in [0, 0.1) is 0 Å². The maximum absolute atomic E-state index is 12.5. The number of carbonyl (C=O) groups excluding carboxylic acids is 2. The fraction of sp³-hybridized carbons (Fsp3) is 0.500. The van der Waals surface area contributed by atoms with Gasteiger partial charge < -0.3 is 11.1 Å². The normalized spacial score (nSPS) is 17.4. The summed E-state index contributed by atoms with van der Waals surface area (Å²) in [6.45, 7) is 2.01. The molecule has 20 heavy (non-hydrogen) atoms. The fourth-order valence-electron chi connectivity index (χ4n) is 2.92. The van der Waals surface area contributed by atoms with E-state index in [1.807, 2.05) is 25.1 Å². The molecule has 1 saturated carbocycles. The van der Waals surface area contributed by atoms with Crippen molar-refractivity contribution in [1.82, 2.24) is 5.32 Å². The van der Waals surface area contributed by atoms with Gasteiger partial charge in [0.2, 0.25) is 5.91 Å². The molecule has 0 aromatic heterocycles. The van der Waals surface area contributed by atoms with E-state index in [9.17, 15) is 9.59 Å². The molecule has 108 valence electrons. The van der Waals surface area contributed by atoms with Gasteiger partial charge in [0.15, 0.2) is 0 Å². The van der Waals surface area contributed by atoms with Crippen molar-refractivity contribution in [2.45, 2.75) is 51.0 Å². The van der Waals surface area contributed by atoms with E-state index in [0.29, 0.717) is 18.4 Å². The molecule has 4 nitrogen and oxygen atoms in total. The van der Waals surface area contributed by atoms with Crippen LogP contribution in [0.25, 0.3) is 0 Å². The Morgan fingerprint density at radius 1 is 1.20 bits per heavy atom. The number of rotatable bonds is 4. The number of hydrogen-bond acceptors (Lipinski definition) is 2. The number of nitrogens with one attached hydrogen (secondary N) is 1. The third-order valence-corrected chi connectivity index (χ3v) is 4.17. The van der Waals surface area contributed by atoms with Crippen molar-refractivity contribution in [2.24, 2.45) is 5.73 Å². The maximum atomic E-state index is 12.5. The van der Waals surface area contributed by atoms with Crippen LogP contribution < -0.4 is 11.1 Å². The smallest absolute Gasteiger partial charge is 0.252 e. The molecule has 1 aliphatic carbocycles. The molecule has 1 aliphatic rings. The number of amides is 2. The molecule has 1 aromatic carbocycles. The van der Waals surface area contributed by atoms with E-state index >= 15 is 0 Å². The second kappa shape index (κ2) is 6.07. The van der Waals surface area contributed by atoms with Crippen molar-refractivity contribution in [3.05, 3.63) is 35.4 Å². The lowest BCUT2D eigenvalue weighted by atomic mass is 9.80. The van der Waals surface area contributed by atoms with Gasteiger partial charge in [0.25, 0.3) is 5.91 Å². The van der Waals surface area contributed by atoms with Gasteiger partial charge in [-0.25, -0.2) is 0 Å². The molecule has 2 amide bonds. The zero-order valence-electron chi connectivity index (χ0n) is 11.9. The van der Waals surface area contributed by atoms with Crippen LogP contribution in [0.5, 0.6) is 0 Å². The van der Waals surface area contributed by atoms with Gasteiger partial charge in [-0.05, 0) is 30.9 Å². The number of hydrogen-bond donors (Lipinski definition) is 2. The number of carbonyl (C=O) groups is 2. The fourth-order valence-corrected chi connectivity index (χ4v) is 2.92. The first-order chi connectivity index (χ1) is 9.59. The molecule has 0 radical (unpaired) electrons. The van der Waals surface area contributed by atoms with Crippen molar-refractivity contribution in [3.8, 4) is 0 Å². The molecule has 0 unspecified atom stereocenters. The molecule has 1 aromatic rings. The van der Waals surface area contributed by atoms with E-state index in [1.165, 1.54) is 0 Å². The van der Waals surface area contributed by atoms with Gasteiger partial charge >= 0.3 is 0 Å². The van der Waals surface area contributed by atoms with Crippen molar-refractivity contribution >= 4 is 11.8 Å². The summed E-state index contributed by atoms with van der Waals surface area (Å²) < 4.78 is 0. The van der Waals surface area contributed by atoms with E-state index < -0.39 is 11.4 Å². The average molecular weight is 274 g/mol. The van der Waals surface area contributed by atoms with E-state index in [4.69, 9.17) is 5.73 Å². The van der Waals surface area contributed by atoms with Crippen molar-refractivity contribution in [2.75, 3.05) is 0 Å². The van der Waals surface area contributed by atoms with Crippen molar-refractivity contribution < 1.29 is 9.59 Å². The minimum Gasteiger partial charge on any atom is -0.368 e. The van der Waals surface area contributed by atoms with Crippen LogP contribution in [0.15, 0.2) is 24.3 Å². The third kappa shape index (κ3) is 2.84. The van der Waals surface area contributed by atoms with Crippen LogP contribution in [0.2, 0.25) is 0 Å². The molecule has 4 heteroatoms. The monoisotopic (exact) mass is 274 g/mol. The van der Waals surface area contributed by atoms with Crippen molar-refractivity contribution in [3.63, 3.8) is 0 Å². The summed E-state index contributed by atoms with van der Waals surface area (Å²) in [5.74, 6) is -0.609. The standard InChI is InChI=1S/C16H22N2O2/c1-2-12-8-4-5-9-13(12)14(19)18-16(15(17)20)10-6-3-7-11-16/h4-5,8-9H,2-3,6-7,10-11H2,1H3,(H2,17,20)(H,18,19). The first-order valence-electron chi connectivity index (χ1n) is 7.29. The second-order valence-electron chi connectivity index (χ2n) is 5.47. The number of primary amides is 1. The highest BCUT2D eigenvalue weighted by molar-refractivity contribution is 6.00. The lowest BCUT2D eigenvalue weighted by molar-refractivity contribution is -0.125. The van der Waals surface area contributed by atoms with Crippen LogP contribution in [0.3, 0.4) is 0 Å². The van der Waals surface area contributed by atoms with Crippen LogP contribution in [0.4, 0.5) is 0 Å². The Hall–Kier alpha value is -1.84. The van der Waals surface area contributed by atoms with Gasteiger partial charge in [-0.2, -0.15) is 0 Å². The predicted molar refractivity (Wildman–Crippen MR) is 78.3 cm³/mol.